The van der Waals surface area contributed by atoms with Crippen molar-refractivity contribution < 1.29 is 4.42 Å². The summed E-state index contributed by atoms with van der Waals surface area (Å²) < 4.78 is 9.40. The Morgan fingerprint density at radius 3 is 2.00 bits per heavy atom. The molecule has 268 valence electrons. The minimum atomic E-state index is -0.160. The number of hydrogen-bond acceptors (Lipinski definition) is 3. The third-order valence-electron chi connectivity index (χ3n) is 12.8. The van der Waals surface area contributed by atoms with Gasteiger partial charge in [0.2, 0.25) is 0 Å². The van der Waals surface area contributed by atoms with E-state index in [9.17, 15) is 0 Å². The van der Waals surface area contributed by atoms with Crippen LogP contribution in [0.2, 0.25) is 0 Å². The summed E-state index contributed by atoms with van der Waals surface area (Å²) in [6.45, 7) is 16.3. The molecule has 0 amide bonds. The zero-order valence-corrected chi connectivity index (χ0v) is 33.3. The number of para-hydroxylation sites is 1. The molecule has 0 fully saturated rings. The third-order valence-corrected chi connectivity index (χ3v) is 13.9. The van der Waals surface area contributed by atoms with Crippen molar-refractivity contribution in [3.05, 3.63) is 161 Å². The van der Waals surface area contributed by atoms with Gasteiger partial charge in [-0.2, -0.15) is 0 Å². The number of furan rings is 1. The molecular formula is C52H43NOS. The molecule has 11 rings (SSSR count). The van der Waals surface area contributed by atoms with Crippen molar-refractivity contribution in [2.75, 3.05) is 4.90 Å². The van der Waals surface area contributed by atoms with Crippen molar-refractivity contribution >= 4 is 70.5 Å². The van der Waals surface area contributed by atoms with Gasteiger partial charge in [0.25, 0.3) is 0 Å². The first-order valence-electron chi connectivity index (χ1n) is 19.5. The molecule has 0 radical (unpaired) electrons. The van der Waals surface area contributed by atoms with Gasteiger partial charge in [-0.25, -0.2) is 0 Å². The van der Waals surface area contributed by atoms with Gasteiger partial charge in [0.05, 0.1) is 0 Å². The highest BCUT2D eigenvalue weighted by molar-refractivity contribution is 7.25. The maximum absolute atomic E-state index is 6.78. The SMILES string of the molecule is CC(C)(C)c1cccc2c1oc1ccc3c(c12)-c1cc(N(c2ccc4c(c2)C(C)(C)c2ccccc2-4)c2ccc4c(c2)sc2ccccc24)ccc1C3(C)C. The van der Waals surface area contributed by atoms with Gasteiger partial charge >= 0.3 is 0 Å². The molecular weight excluding hydrogens is 687 g/mol. The Bertz CT molecular complexity index is 3090. The topological polar surface area (TPSA) is 16.4 Å². The van der Waals surface area contributed by atoms with Crippen LogP contribution in [0.25, 0.3) is 64.4 Å². The van der Waals surface area contributed by atoms with Crippen LogP contribution in [0.4, 0.5) is 17.1 Å². The lowest BCUT2D eigenvalue weighted by atomic mass is 9.82. The third kappa shape index (κ3) is 4.48. The molecule has 7 aromatic carbocycles. The number of rotatable bonds is 3. The molecule has 0 N–H and O–H groups in total. The highest BCUT2D eigenvalue weighted by atomic mass is 32.1. The Morgan fingerprint density at radius 2 is 1.15 bits per heavy atom. The quantitative estimate of drug-likeness (QED) is 0.180. The van der Waals surface area contributed by atoms with E-state index < -0.39 is 0 Å². The highest BCUT2D eigenvalue weighted by Gasteiger charge is 2.39. The lowest BCUT2D eigenvalue weighted by Gasteiger charge is -2.29. The molecule has 0 aliphatic heterocycles. The van der Waals surface area contributed by atoms with E-state index in [0.29, 0.717) is 0 Å². The number of benzene rings is 7. The van der Waals surface area contributed by atoms with Crippen LogP contribution < -0.4 is 4.90 Å². The number of hydrogen-bond donors (Lipinski definition) is 0. The molecule has 2 heterocycles. The summed E-state index contributed by atoms with van der Waals surface area (Å²) in [7, 11) is 0. The number of fused-ring (bicyclic) bond motifs is 13. The largest absolute Gasteiger partial charge is 0.456 e. The Kier molecular flexibility index (Phi) is 6.54. The Morgan fingerprint density at radius 1 is 0.509 bits per heavy atom. The fourth-order valence-corrected chi connectivity index (χ4v) is 11.1. The molecule has 0 atom stereocenters. The average Bonchev–Trinajstić information content (AvgIpc) is 3.87. The maximum Gasteiger partial charge on any atom is 0.139 e. The highest BCUT2D eigenvalue weighted by Crippen LogP contribution is 2.56. The summed E-state index contributed by atoms with van der Waals surface area (Å²) in [6.07, 6.45) is 0. The number of nitrogens with zero attached hydrogens (tertiary/aromatic N) is 1. The number of anilines is 3. The minimum Gasteiger partial charge on any atom is -0.456 e. The number of thiophene rings is 1. The summed E-state index contributed by atoms with van der Waals surface area (Å²) >= 11 is 1.87. The second-order valence-corrected chi connectivity index (χ2v) is 18.8. The van der Waals surface area contributed by atoms with Crippen molar-refractivity contribution in [1.29, 1.82) is 0 Å². The van der Waals surface area contributed by atoms with Gasteiger partial charge in [-0.3, -0.25) is 0 Å². The summed E-state index contributed by atoms with van der Waals surface area (Å²) in [5.41, 5.74) is 17.1. The molecule has 0 bridgehead atoms. The lowest BCUT2D eigenvalue weighted by molar-refractivity contribution is 0.573. The first-order valence-corrected chi connectivity index (χ1v) is 20.3. The van der Waals surface area contributed by atoms with Crippen LogP contribution in [0.5, 0.6) is 0 Å². The fraction of sp³-hybridized carbons (Fsp3) is 0.192. The molecule has 2 nitrogen and oxygen atoms in total. The molecule has 2 aliphatic rings. The first-order chi connectivity index (χ1) is 26.4. The smallest absolute Gasteiger partial charge is 0.139 e. The molecule has 0 spiro atoms. The van der Waals surface area contributed by atoms with Crippen LogP contribution in [-0.4, -0.2) is 0 Å². The molecule has 0 saturated heterocycles. The Labute approximate surface area is 326 Å². The lowest BCUT2D eigenvalue weighted by Crippen LogP contribution is -2.17. The van der Waals surface area contributed by atoms with E-state index in [-0.39, 0.29) is 16.2 Å². The van der Waals surface area contributed by atoms with E-state index in [1.165, 1.54) is 86.7 Å². The summed E-state index contributed by atoms with van der Waals surface area (Å²) in [5, 5.41) is 5.04. The van der Waals surface area contributed by atoms with Crippen molar-refractivity contribution in [3.8, 4) is 22.3 Å². The second kappa shape index (κ2) is 11.0. The van der Waals surface area contributed by atoms with Crippen LogP contribution in [-0.2, 0) is 16.2 Å². The molecule has 55 heavy (non-hydrogen) atoms. The zero-order chi connectivity index (χ0) is 37.6. The predicted octanol–water partition coefficient (Wildman–Crippen LogP) is 15.3. The van der Waals surface area contributed by atoms with Gasteiger partial charge in [-0.15, -0.1) is 11.3 Å². The monoisotopic (exact) mass is 729 g/mol. The molecule has 2 aliphatic carbocycles. The van der Waals surface area contributed by atoms with Gasteiger partial charge in [-0.1, -0.05) is 133 Å². The zero-order valence-electron chi connectivity index (χ0n) is 32.5. The Balaban J connectivity index is 1.16. The van der Waals surface area contributed by atoms with Crippen molar-refractivity contribution in [1.82, 2.24) is 0 Å². The normalized spacial score (nSPS) is 15.1. The van der Waals surface area contributed by atoms with Gasteiger partial charge in [0, 0.05) is 64.4 Å². The van der Waals surface area contributed by atoms with E-state index in [2.05, 4.69) is 187 Å². The minimum absolute atomic E-state index is 0.0390. The van der Waals surface area contributed by atoms with E-state index >= 15 is 0 Å². The average molecular weight is 730 g/mol. The summed E-state index contributed by atoms with van der Waals surface area (Å²) in [4.78, 5) is 2.49. The van der Waals surface area contributed by atoms with Crippen LogP contribution in [0.1, 0.15) is 76.3 Å². The van der Waals surface area contributed by atoms with Crippen molar-refractivity contribution in [2.24, 2.45) is 0 Å². The van der Waals surface area contributed by atoms with Gasteiger partial charge in [-0.05, 0) is 98.5 Å². The van der Waals surface area contributed by atoms with Crippen LogP contribution in [0.15, 0.2) is 138 Å². The second-order valence-electron chi connectivity index (χ2n) is 17.8. The van der Waals surface area contributed by atoms with E-state index in [4.69, 9.17) is 4.42 Å². The van der Waals surface area contributed by atoms with E-state index in [1.54, 1.807) is 0 Å². The van der Waals surface area contributed by atoms with Crippen LogP contribution in [0, 0.1) is 0 Å². The fourth-order valence-electron chi connectivity index (χ4n) is 9.98. The van der Waals surface area contributed by atoms with Crippen LogP contribution in [0.3, 0.4) is 0 Å². The van der Waals surface area contributed by atoms with E-state index in [0.717, 1.165) is 22.5 Å². The molecule has 0 unspecified atom stereocenters. The van der Waals surface area contributed by atoms with Crippen molar-refractivity contribution in [3.63, 3.8) is 0 Å². The van der Waals surface area contributed by atoms with Gasteiger partial charge in [0.15, 0.2) is 0 Å². The predicted molar refractivity (Wildman–Crippen MR) is 235 cm³/mol. The summed E-state index contributed by atoms with van der Waals surface area (Å²) in [5.74, 6) is 0. The molecule has 9 aromatic rings. The summed E-state index contributed by atoms with van der Waals surface area (Å²) in [6, 6.07) is 50.2. The van der Waals surface area contributed by atoms with Gasteiger partial charge in [0.1, 0.15) is 11.2 Å². The first kappa shape index (κ1) is 32.8. The van der Waals surface area contributed by atoms with E-state index in [1.807, 2.05) is 11.3 Å². The van der Waals surface area contributed by atoms with Crippen molar-refractivity contribution in [2.45, 2.75) is 64.7 Å². The Hall–Kier alpha value is -5.64. The molecule has 3 heteroatoms. The maximum atomic E-state index is 6.78. The standard InChI is InChI=1S/C52H43NOS/c1-50(2,3)42-17-12-15-37-48-44(54-49(37)42)26-25-41-47(48)38-27-30(21-24-40(38)51(41,4)5)53(32-20-23-36-35-14-9-11-18-45(35)55-46(36)29-32)31-19-22-34-33-13-8-10-16-39(33)52(6,7)43(34)28-31/h8-29H,1-7H3. The molecule has 0 saturated carbocycles. The molecule has 2 aromatic heterocycles. The van der Waals surface area contributed by atoms with Crippen LogP contribution >= 0.6 is 11.3 Å². The van der Waals surface area contributed by atoms with Gasteiger partial charge < -0.3 is 9.32 Å².